The molecule has 0 aliphatic heterocycles. The Morgan fingerprint density at radius 1 is 1.50 bits per heavy atom. The summed E-state index contributed by atoms with van der Waals surface area (Å²) in [6.07, 6.45) is 0.465. The van der Waals surface area contributed by atoms with Crippen molar-refractivity contribution in [3.63, 3.8) is 0 Å². The zero-order valence-electron chi connectivity index (χ0n) is 4.13. The first-order chi connectivity index (χ1) is 3.56. The first kappa shape index (κ1) is 8.64. The fourth-order valence-electron chi connectivity index (χ4n) is 0.231. The molecule has 0 aliphatic carbocycles. The molecule has 0 amide bonds. The van der Waals surface area contributed by atoms with E-state index in [1.54, 1.807) is 0 Å². The summed E-state index contributed by atoms with van der Waals surface area (Å²) in [6, 6.07) is 0. The van der Waals surface area contributed by atoms with Crippen LogP contribution in [-0.2, 0) is 10.1 Å². The minimum absolute atomic E-state index is 0.226. The Labute approximate surface area is 62.4 Å². The Morgan fingerprint density at radius 2 is 2.00 bits per heavy atom. The smallest absolute Gasteiger partial charge is 0.0946 e. The van der Waals surface area contributed by atoms with Crippen LogP contribution in [0.5, 0.6) is 0 Å². The number of halogens is 1. The maximum absolute atomic E-state index is 9.83. The quantitative estimate of drug-likeness (QED) is 0.412. The lowest BCUT2D eigenvalue weighted by molar-refractivity contribution is 0.462. The van der Waals surface area contributed by atoms with E-state index in [4.69, 9.17) is 0 Å². The Bertz CT molecular complexity index is 139. The van der Waals surface area contributed by atoms with Crippen molar-refractivity contribution in [3.8, 4) is 0 Å². The lowest BCUT2D eigenvalue weighted by atomic mass is 10.6. The molecule has 0 aromatic heterocycles. The zero-order valence-corrected chi connectivity index (χ0v) is 7.11. The van der Waals surface area contributed by atoms with Crippen LogP contribution in [0.3, 0.4) is 0 Å². The van der Waals surface area contributed by atoms with Crippen LogP contribution in [0.4, 0.5) is 0 Å². The van der Waals surface area contributed by atoms with Crippen molar-refractivity contribution < 1.29 is 13.0 Å². The van der Waals surface area contributed by atoms with E-state index in [2.05, 4.69) is 0 Å². The van der Waals surface area contributed by atoms with Gasteiger partial charge in [0.05, 0.1) is 10.1 Å². The summed E-state index contributed by atoms with van der Waals surface area (Å²) >= 11 is 2.02. The van der Waals surface area contributed by atoms with E-state index < -0.39 is 10.1 Å². The first-order valence-electron chi connectivity index (χ1n) is 2.06. The van der Waals surface area contributed by atoms with Gasteiger partial charge in [-0.15, -0.1) is 0 Å². The highest BCUT2D eigenvalue weighted by molar-refractivity contribution is 14.1. The van der Waals surface area contributed by atoms with Gasteiger partial charge in [-0.25, -0.2) is 8.42 Å². The van der Waals surface area contributed by atoms with Gasteiger partial charge in [0.25, 0.3) is 0 Å². The molecule has 0 rings (SSSR count). The first-order valence-corrected chi connectivity index (χ1v) is 5.16. The highest BCUT2D eigenvalue weighted by Gasteiger charge is 1.90. The molecule has 0 N–H and O–H groups in total. The number of hydrogen-bond acceptors (Lipinski definition) is 3. The molecule has 0 spiro atoms. The summed E-state index contributed by atoms with van der Waals surface area (Å²) in [5.41, 5.74) is 0. The van der Waals surface area contributed by atoms with Gasteiger partial charge < -0.3 is 4.55 Å². The molecule has 3 nitrogen and oxygen atoms in total. The van der Waals surface area contributed by atoms with Gasteiger partial charge in [-0.05, 0) is 6.42 Å². The van der Waals surface area contributed by atoms with Crippen LogP contribution in [0.15, 0.2) is 0 Å². The SMILES string of the molecule is O=S(=O)([O-])CCCI. The van der Waals surface area contributed by atoms with Gasteiger partial charge in [0, 0.05) is 10.2 Å². The highest BCUT2D eigenvalue weighted by Crippen LogP contribution is 1.91. The van der Waals surface area contributed by atoms with Gasteiger partial charge in [0.2, 0.25) is 0 Å². The maximum Gasteiger partial charge on any atom is 0.0946 e. The van der Waals surface area contributed by atoms with E-state index >= 15 is 0 Å². The van der Waals surface area contributed by atoms with Crippen LogP contribution < -0.4 is 0 Å². The molecule has 0 aromatic rings. The van der Waals surface area contributed by atoms with Crippen molar-refractivity contribution in [2.24, 2.45) is 0 Å². The summed E-state index contributed by atoms with van der Waals surface area (Å²) in [5.74, 6) is -0.226. The monoisotopic (exact) mass is 249 g/mol. The van der Waals surface area contributed by atoms with Crippen LogP contribution in [-0.4, -0.2) is 23.2 Å². The van der Waals surface area contributed by atoms with Crippen LogP contribution >= 0.6 is 22.6 Å². The average molecular weight is 249 g/mol. The van der Waals surface area contributed by atoms with Gasteiger partial charge in [0.15, 0.2) is 0 Å². The third-order valence-corrected chi connectivity index (χ3v) is 2.08. The second kappa shape index (κ2) is 3.62. The third kappa shape index (κ3) is 6.64. The lowest BCUT2D eigenvalue weighted by Crippen LogP contribution is -2.03. The van der Waals surface area contributed by atoms with E-state index in [0.29, 0.717) is 6.42 Å². The summed E-state index contributed by atoms with van der Waals surface area (Å²) < 4.78 is 30.2. The van der Waals surface area contributed by atoms with Gasteiger partial charge in [-0.3, -0.25) is 0 Å². The Morgan fingerprint density at radius 3 is 2.12 bits per heavy atom. The fourth-order valence-corrected chi connectivity index (χ4v) is 1.63. The molecule has 0 unspecified atom stereocenters. The molecule has 0 radical (unpaired) electrons. The Kier molecular flexibility index (Phi) is 3.91. The van der Waals surface area contributed by atoms with Crippen LogP contribution in [0.25, 0.3) is 0 Å². The molecule has 0 saturated heterocycles. The maximum atomic E-state index is 9.83. The van der Waals surface area contributed by atoms with Gasteiger partial charge >= 0.3 is 0 Å². The summed E-state index contributed by atoms with van der Waals surface area (Å²) in [5, 5.41) is 0. The summed E-state index contributed by atoms with van der Waals surface area (Å²) in [7, 11) is -3.94. The molecule has 0 aliphatic rings. The zero-order chi connectivity index (χ0) is 6.62. The van der Waals surface area contributed by atoms with Crippen molar-refractivity contribution in [1.82, 2.24) is 0 Å². The fraction of sp³-hybridized carbons (Fsp3) is 1.00. The van der Waals surface area contributed by atoms with E-state index in [0.717, 1.165) is 4.43 Å². The number of rotatable bonds is 3. The Hall–Kier alpha value is 0.640. The third-order valence-electron chi connectivity index (χ3n) is 0.528. The molecule has 0 aromatic carbocycles. The van der Waals surface area contributed by atoms with E-state index in [1.807, 2.05) is 22.6 Å². The minimum Gasteiger partial charge on any atom is -0.748 e. The van der Waals surface area contributed by atoms with Crippen molar-refractivity contribution in [3.05, 3.63) is 0 Å². The van der Waals surface area contributed by atoms with Crippen molar-refractivity contribution in [2.45, 2.75) is 6.42 Å². The minimum atomic E-state index is -3.94. The second-order valence-corrected chi connectivity index (χ2v) is 3.91. The van der Waals surface area contributed by atoms with Crippen molar-refractivity contribution in [1.29, 1.82) is 0 Å². The molecule has 0 atom stereocenters. The predicted octanol–water partition coefficient (Wildman–Crippen LogP) is 0.357. The van der Waals surface area contributed by atoms with E-state index in [1.165, 1.54) is 0 Å². The molecule has 0 heterocycles. The molecule has 50 valence electrons. The molecular weight excluding hydrogens is 243 g/mol. The van der Waals surface area contributed by atoms with Crippen LogP contribution in [0.2, 0.25) is 0 Å². The lowest BCUT2D eigenvalue weighted by Gasteiger charge is -2.02. The number of alkyl halides is 1. The average Bonchev–Trinajstić information content (AvgIpc) is 1.59. The predicted molar refractivity (Wildman–Crippen MR) is 38.1 cm³/mol. The van der Waals surface area contributed by atoms with Crippen molar-refractivity contribution in [2.75, 3.05) is 10.2 Å². The Balaban J connectivity index is 3.42. The summed E-state index contributed by atoms with van der Waals surface area (Å²) in [6.45, 7) is 0. The standard InChI is InChI=1S/C3H7IO3S/c4-2-1-3-8(5,6)7/h1-3H2,(H,5,6,7)/p-1. The topological polar surface area (TPSA) is 57.2 Å². The van der Waals surface area contributed by atoms with Gasteiger partial charge in [-0.2, -0.15) is 0 Å². The molecule has 0 fully saturated rings. The molecule has 0 saturated carbocycles. The second-order valence-electron chi connectivity index (χ2n) is 1.30. The van der Waals surface area contributed by atoms with E-state index in [-0.39, 0.29) is 5.75 Å². The molecule has 0 bridgehead atoms. The molecule has 5 heteroatoms. The van der Waals surface area contributed by atoms with Gasteiger partial charge in [-0.1, -0.05) is 22.6 Å². The van der Waals surface area contributed by atoms with Crippen molar-refractivity contribution >= 4 is 32.7 Å². The van der Waals surface area contributed by atoms with Crippen LogP contribution in [0, 0.1) is 0 Å². The summed E-state index contributed by atoms with van der Waals surface area (Å²) in [4.78, 5) is 0. The largest absolute Gasteiger partial charge is 0.748 e. The van der Waals surface area contributed by atoms with Gasteiger partial charge in [0.1, 0.15) is 0 Å². The normalized spacial score (nSPS) is 11.8. The molecule has 8 heavy (non-hydrogen) atoms. The highest BCUT2D eigenvalue weighted by atomic mass is 127. The van der Waals surface area contributed by atoms with Crippen LogP contribution in [0.1, 0.15) is 6.42 Å². The number of hydrogen-bond donors (Lipinski definition) is 0. The van der Waals surface area contributed by atoms with E-state index in [9.17, 15) is 13.0 Å². The molecular formula is C3H6IO3S-.